The molecular formula is C15H25ClN2O3S. The summed E-state index contributed by atoms with van der Waals surface area (Å²) in [5.74, 6) is -0.129. The molecule has 1 atom stereocenters. The van der Waals surface area contributed by atoms with Crippen LogP contribution in [-0.2, 0) is 14.6 Å². The van der Waals surface area contributed by atoms with E-state index < -0.39 is 15.4 Å². The summed E-state index contributed by atoms with van der Waals surface area (Å²) in [4.78, 5) is 12.0. The number of carbonyl (C=O) groups excluding carboxylic acids is 1. The van der Waals surface area contributed by atoms with E-state index >= 15 is 0 Å². The Morgan fingerprint density at radius 1 is 1.27 bits per heavy atom. The van der Waals surface area contributed by atoms with Gasteiger partial charge in [0.05, 0.1) is 5.75 Å². The van der Waals surface area contributed by atoms with E-state index in [9.17, 15) is 13.2 Å². The summed E-state index contributed by atoms with van der Waals surface area (Å²) in [7, 11) is -3.04. The number of sulfone groups is 1. The molecule has 0 saturated carbocycles. The van der Waals surface area contributed by atoms with Gasteiger partial charge in [-0.2, -0.15) is 0 Å². The molecule has 126 valence electrons. The van der Waals surface area contributed by atoms with Crippen molar-refractivity contribution in [1.29, 1.82) is 0 Å². The summed E-state index contributed by atoms with van der Waals surface area (Å²) in [6.45, 7) is 3.62. The zero-order valence-electron chi connectivity index (χ0n) is 13.2. The van der Waals surface area contributed by atoms with E-state index in [0.29, 0.717) is 6.42 Å². The number of rotatable bonds is 7. The van der Waals surface area contributed by atoms with E-state index in [4.69, 9.17) is 5.73 Å². The Bertz CT molecular complexity index is 574. The first-order chi connectivity index (χ1) is 9.59. The van der Waals surface area contributed by atoms with Crippen LogP contribution in [0.4, 0.5) is 0 Å². The van der Waals surface area contributed by atoms with Crippen LogP contribution in [0.3, 0.4) is 0 Å². The number of halogens is 1. The molecule has 22 heavy (non-hydrogen) atoms. The maximum atomic E-state index is 12.0. The second kappa shape index (κ2) is 8.50. The molecule has 0 aliphatic rings. The van der Waals surface area contributed by atoms with Gasteiger partial charge < -0.3 is 11.1 Å². The Labute approximate surface area is 139 Å². The molecule has 0 saturated heterocycles. The fourth-order valence-electron chi connectivity index (χ4n) is 1.95. The van der Waals surface area contributed by atoms with Crippen LogP contribution in [-0.4, -0.2) is 31.9 Å². The summed E-state index contributed by atoms with van der Waals surface area (Å²) >= 11 is 0. The van der Waals surface area contributed by atoms with Gasteiger partial charge in [-0.3, -0.25) is 4.79 Å². The minimum absolute atomic E-state index is 0. The molecule has 7 heteroatoms. The molecule has 1 aromatic rings. The van der Waals surface area contributed by atoms with Gasteiger partial charge in [0.25, 0.3) is 0 Å². The average molecular weight is 349 g/mol. The number of hydrogen-bond acceptors (Lipinski definition) is 4. The van der Waals surface area contributed by atoms with Crippen molar-refractivity contribution >= 4 is 28.2 Å². The van der Waals surface area contributed by atoms with Crippen LogP contribution < -0.4 is 11.1 Å². The minimum atomic E-state index is -3.04. The van der Waals surface area contributed by atoms with Crippen molar-refractivity contribution in [3.63, 3.8) is 0 Å². The van der Waals surface area contributed by atoms with Gasteiger partial charge in [0.2, 0.25) is 5.91 Å². The van der Waals surface area contributed by atoms with Gasteiger partial charge >= 0.3 is 0 Å². The van der Waals surface area contributed by atoms with Crippen LogP contribution >= 0.6 is 12.4 Å². The van der Waals surface area contributed by atoms with Crippen molar-refractivity contribution in [2.75, 3.05) is 12.0 Å². The molecule has 5 nitrogen and oxygen atoms in total. The Balaban J connectivity index is 0.00000441. The molecule has 0 radical (unpaired) electrons. The van der Waals surface area contributed by atoms with Gasteiger partial charge in [0.15, 0.2) is 0 Å². The molecule has 0 fully saturated rings. The summed E-state index contributed by atoms with van der Waals surface area (Å²) < 4.78 is 22.4. The predicted molar refractivity (Wildman–Crippen MR) is 91.8 cm³/mol. The number of amides is 1. The maximum absolute atomic E-state index is 12.0. The molecule has 0 heterocycles. The highest BCUT2D eigenvalue weighted by atomic mass is 35.5. The van der Waals surface area contributed by atoms with Gasteiger partial charge in [-0.15, -0.1) is 12.4 Å². The third-order valence-electron chi connectivity index (χ3n) is 3.21. The van der Waals surface area contributed by atoms with E-state index in [1.165, 1.54) is 6.26 Å². The lowest BCUT2D eigenvalue weighted by Crippen LogP contribution is -2.45. The fourth-order valence-corrected chi connectivity index (χ4v) is 2.83. The van der Waals surface area contributed by atoms with Gasteiger partial charge in [-0.1, -0.05) is 30.3 Å². The lowest BCUT2D eigenvalue weighted by molar-refractivity contribution is -0.123. The van der Waals surface area contributed by atoms with E-state index in [2.05, 4.69) is 5.32 Å². The first-order valence-corrected chi connectivity index (χ1v) is 8.94. The molecule has 0 aliphatic heterocycles. The normalized spacial score (nSPS) is 13.1. The van der Waals surface area contributed by atoms with E-state index in [1.807, 2.05) is 44.2 Å². The van der Waals surface area contributed by atoms with E-state index in [-0.39, 0.29) is 36.5 Å². The van der Waals surface area contributed by atoms with Crippen LogP contribution in [0.25, 0.3) is 0 Å². The van der Waals surface area contributed by atoms with Crippen molar-refractivity contribution in [2.24, 2.45) is 5.73 Å². The lowest BCUT2D eigenvalue weighted by atomic mass is 10.00. The summed E-state index contributed by atoms with van der Waals surface area (Å²) in [6, 6.07) is 9.05. The third-order valence-corrected chi connectivity index (χ3v) is 4.15. The second-order valence-electron chi connectivity index (χ2n) is 6.03. The zero-order chi connectivity index (χ0) is 16.1. The molecule has 3 N–H and O–H groups in total. The van der Waals surface area contributed by atoms with Gasteiger partial charge in [0, 0.05) is 24.3 Å². The molecule has 0 bridgehead atoms. The topological polar surface area (TPSA) is 89.3 Å². The first kappa shape index (κ1) is 20.9. The SMILES string of the molecule is CC(C)(CCS(C)(=O)=O)NC(=O)CC(N)c1ccccc1.Cl. The molecule has 0 spiro atoms. The average Bonchev–Trinajstić information content (AvgIpc) is 2.36. The molecule has 1 amide bonds. The number of nitrogens with one attached hydrogen (secondary N) is 1. The summed E-state index contributed by atoms with van der Waals surface area (Å²) in [5, 5.41) is 2.85. The zero-order valence-corrected chi connectivity index (χ0v) is 14.8. The van der Waals surface area contributed by atoms with Gasteiger partial charge in [-0.05, 0) is 25.8 Å². The Morgan fingerprint density at radius 3 is 2.32 bits per heavy atom. The molecule has 1 rings (SSSR count). The number of hydrogen-bond donors (Lipinski definition) is 2. The summed E-state index contributed by atoms with van der Waals surface area (Å²) in [5.41, 5.74) is 6.33. The summed E-state index contributed by atoms with van der Waals surface area (Å²) in [6.07, 6.45) is 1.74. The van der Waals surface area contributed by atoms with Crippen molar-refractivity contribution in [3.05, 3.63) is 35.9 Å². The Morgan fingerprint density at radius 2 is 1.82 bits per heavy atom. The van der Waals surface area contributed by atoms with Crippen molar-refractivity contribution in [1.82, 2.24) is 5.32 Å². The third kappa shape index (κ3) is 8.36. The smallest absolute Gasteiger partial charge is 0.222 e. The molecular weight excluding hydrogens is 324 g/mol. The van der Waals surface area contributed by atoms with Crippen LogP contribution in [0.1, 0.15) is 38.3 Å². The first-order valence-electron chi connectivity index (χ1n) is 6.88. The van der Waals surface area contributed by atoms with Crippen LogP contribution in [0.2, 0.25) is 0 Å². The highest BCUT2D eigenvalue weighted by molar-refractivity contribution is 7.90. The predicted octanol–water partition coefficient (Wildman–Crippen LogP) is 1.83. The van der Waals surface area contributed by atoms with E-state index in [0.717, 1.165) is 5.56 Å². The molecule has 1 aromatic carbocycles. The van der Waals surface area contributed by atoms with Crippen molar-refractivity contribution in [3.8, 4) is 0 Å². The number of nitrogens with two attached hydrogens (primary N) is 1. The molecule has 0 aromatic heterocycles. The van der Waals surface area contributed by atoms with Crippen LogP contribution in [0, 0.1) is 0 Å². The highest BCUT2D eigenvalue weighted by Gasteiger charge is 2.23. The Kier molecular flexibility index (Phi) is 8.07. The quantitative estimate of drug-likeness (QED) is 0.786. The minimum Gasteiger partial charge on any atom is -0.351 e. The van der Waals surface area contributed by atoms with Gasteiger partial charge in [0.1, 0.15) is 9.84 Å². The fraction of sp³-hybridized carbons (Fsp3) is 0.533. The molecule has 0 aliphatic carbocycles. The monoisotopic (exact) mass is 348 g/mol. The Hall–Kier alpha value is -1.11. The van der Waals surface area contributed by atoms with E-state index in [1.54, 1.807) is 0 Å². The van der Waals surface area contributed by atoms with Crippen molar-refractivity contribution < 1.29 is 13.2 Å². The standard InChI is InChI=1S/C15H24N2O3S.ClH/c1-15(2,9-10-21(3,19)20)17-14(18)11-13(16)12-7-5-4-6-8-12;/h4-8,13H,9-11,16H2,1-3H3,(H,17,18);1H. The largest absolute Gasteiger partial charge is 0.351 e. The number of carbonyl (C=O) groups is 1. The molecule has 1 unspecified atom stereocenters. The maximum Gasteiger partial charge on any atom is 0.222 e. The lowest BCUT2D eigenvalue weighted by Gasteiger charge is -2.26. The van der Waals surface area contributed by atoms with Crippen LogP contribution in [0.5, 0.6) is 0 Å². The van der Waals surface area contributed by atoms with Crippen molar-refractivity contribution in [2.45, 2.75) is 38.3 Å². The second-order valence-corrected chi connectivity index (χ2v) is 8.29. The van der Waals surface area contributed by atoms with Crippen LogP contribution in [0.15, 0.2) is 30.3 Å². The van der Waals surface area contributed by atoms with Gasteiger partial charge in [-0.25, -0.2) is 8.42 Å². The highest BCUT2D eigenvalue weighted by Crippen LogP contribution is 2.15. The number of benzene rings is 1.